The molecule has 1 atom stereocenters. The van der Waals surface area contributed by atoms with Gasteiger partial charge in [-0.1, -0.05) is 24.3 Å². The van der Waals surface area contributed by atoms with Gasteiger partial charge in [0, 0.05) is 17.5 Å². The molecule has 1 aliphatic carbocycles. The Bertz CT molecular complexity index is 971. The minimum Gasteiger partial charge on any atom is -0.340 e. The van der Waals surface area contributed by atoms with Crippen molar-refractivity contribution < 1.29 is 18.0 Å². The second-order valence-corrected chi connectivity index (χ2v) is 9.40. The first-order valence-electron chi connectivity index (χ1n) is 9.28. The van der Waals surface area contributed by atoms with E-state index in [0.717, 1.165) is 25.5 Å². The maximum atomic E-state index is 12.8. The summed E-state index contributed by atoms with van der Waals surface area (Å²) in [4.78, 5) is 25.2. The summed E-state index contributed by atoms with van der Waals surface area (Å²) in [6.07, 6.45) is 4.27. The zero-order valence-corrected chi connectivity index (χ0v) is 16.6. The molecule has 2 aromatic rings. The Balaban J connectivity index is 1.73. The van der Waals surface area contributed by atoms with Crippen LogP contribution >= 0.6 is 0 Å². The number of aryl methyl sites for hydroxylation is 2. The highest BCUT2D eigenvalue weighted by atomic mass is 32.2. The van der Waals surface area contributed by atoms with E-state index in [1.807, 2.05) is 18.2 Å². The number of amides is 2. The van der Waals surface area contributed by atoms with E-state index in [-0.39, 0.29) is 12.2 Å². The molecule has 0 aliphatic heterocycles. The van der Waals surface area contributed by atoms with Gasteiger partial charge in [0.25, 0.3) is 5.91 Å². The lowest BCUT2D eigenvalue weighted by atomic mass is 10.1. The van der Waals surface area contributed by atoms with Gasteiger partial charge in [-0.15, -0.1) is 0 Å². The van der Waals surface area contributed by atoms with Crippen LogP contribution in [-0.4, -0.2) is 38.3 Å². The van der Waals surface area contributed by atoms with E-state index in [0.29, 0.717) is 11.3 Å². The van der Waals surface area contributed by atoms with Crippen molar-refractivity contribution in [3.63, 3.8) is 0 Å². The van der Waals surface area contributed by atoms with Crippen molar-refractivity contribution in [3.8, 4) is 0 Å². The van der Waals surface area contributed by atoms with E-state index in [9.17, 15) is 18.0 Å². The quantitative estimate of drug-likeness (QED) is 0.746. The molecule has 2 N–H and O–H groups in total. The highest BCUT2D eigenvalue weighted by Crippen LogP contribution is 2.25. The average Bonchev–Trinajstić information content (AvgIpc) is 3.12. The van der Waals surface area contributed by atoms with Gasteiger partial charge >= 0.3 is 0 Å². The van der Waals surface area contributed by atoms with Crippen LogP contribution in [0.25, 0.3) is 0 Å². The second-order valence-electron chi connectivity index (χ2n) is 7.14. The minimum atomic E-state index is -3.27. The molecule has 0 heterocycles. The highest BCUT2D eigenvalue weighted by Gasteiger charge is 2.23. The summed E-state index contributed by atoms with van der Waals surface area (Å²) in [6, 6.07) is 13.4. The Morgan fingerprint density at radius 1 is 1.04 bits per heavy atom. The van der Waals surface area contributed by atoms with Crippen LogP contribution in [0, 0.1) is 0 Å². The smallest absolute Gasteiger partial charge is 0.251 e. The van der Waals surface area contributed by atoms with Crippen molar-refractivity contribution in [3.05, 3.63) is 65.2 Å². The molecule has 148 valence electrons. The van der Waals surface area contributed by atoms with Crippen LogP contribution in [0.5, 0.6) is 0 Å². The summed E-state index contributed by atoms with van der Waals surface area (Å²) in [5, 5.41) is 5.48. The maximum Gasteiger partial charge on any atom is 0.251 e. The number of sulfone groups is 1. The van der Waals surface area contributed by atoms with E-state index in [4.69, 9.17) is 0 Å². The number of hydrogen-bond donors (Lipinski definition) is 2. The number of carbonyl (C=O) groups is 2. The first-order valence-corrected chi connectivity index (χ1v) is 11.3. The van der Waals surface area contributed by atoms with Crippen LogP contribution in [-0.2, 0) is 27.5 Å². The number of hydrogen-bond acceptors (Lipinski definition) is 4. The largest absolute Gasteiger partial charge is 0.340 e. The summed E-state index contributed by atoms with van der Waals surface area (Å²) in [5.41, 5.74) is 3.59. The van der Waals surface area contributed by atoms with E-state index in [2.05, 4.69) is 10.6 Å². The molecule has 0 saturated carbocycles. The van der Waals surface area contributed by atoms with Crippen LogP contribution in [0.1, 0.15) is 34.3 Å². The zero-order chi connectivity index (χ0) is 20.1. The molecule has 2 amide bonds. The van der Waals surface area contributed by atoms with Crippen molar-refractivity contribution in [2.24, 2.45) is 0 Å². The van der Waals surface area contributed by atoms with Gasteiger partial charge in [-0.2, -0.15) is 0 Å². The van der Waals surface area contributed by atoms with Gasteiger partial charge in [0.05, 0.1) is 5.75 Å². The molecule has 0 fully saturated rings. The monoisotopic (exact) mass is 400 g/mol. The fourth-order valence-electron chi connectivity index (χ4n) is 3.31. The normalized spacial score (nSPS) is 14.2. The van der Waals surface area contributed by atoms with Crippen LogP contribution in [0.3, 0.4) is 0 Å². The Labute approximate surface area is 165 Å². The van der Waals surface area contributed by atoms with E-state index < -0.39 is 27.7 Å². The van der Waals surface area contributed by atoms with Gasteiger partial charge < -0.3 is 10.6 Å². The number of fused-ring (bicyclic) bond motifs is 1. The van der Waals surface area contributed by atoms with Crippen molar-refractivity contribution in [1.82, 2.24) is 5.32 Å². The molecule has 6 nitrogen and oxygen atoms in total. The van der Waals surface area contributed by atoms with Gasteiger partial charge in [0.1, 0.15) is 15.9 Å². The molecule has 3 rings (SSSR count). The third-order valence-corrected chi connectivity index (χ3v) is 5.78. The first-order chi connectivity index (χ1) is 13.3. The van der Waals surface area contributed by atoms with Crippen LogP contribution in [0.15, 0.2) is 48.5 Å². The minimum absolute atomic E-state index is 0.00812. The Morgan fingerprint density at radius 3 is 2.46 bits per heavy atom. The lowest BCUT2D eigenvalue weighted by molar-refractivity contribution is -0.118. The first kappa shape index (κ1) is 20.1. The molecule has 0 unspecified atom stereocenters. The fourth-order valence-corrected chi connectivity index (χ4v) is 3.97. The Morgan fingerprint density at radius 2 is 1.75 bits per heavy atom. The molecule has 1 aliphatic rings. The number of anilines is 1. The molecule has 2 aromatic carbocycles. The van der Waals surface area contributed by atoms with Gasteiger partial charge in [0.15, 0.2) is 0 Å². The van der Waals surface area contributed by atoms with Gasteiger partial charge in [0.2, 0.25) is 5.91 Å². The summed E-state index contributed by atoms with van der Waals surface area (Å²) in [6.45, 7) is 0. The molecule has 0 bridgehead atoms. The van der Waals surface area contributed by atoms with Crippen LogP contribution in [0.2, 0.25) is 0 Å². The van der Waals surface area contributed by atoms with Gasteiger partial charge in [-0.05, 0) is 61.1 Å². The molecular formula is C21H24N2O4S. The van der Waals surface area contributed by atoms with Gasteiger partial charge in [-0.3, -0.25) is 9.59 Å². The third-order valence-electron chi connectivity index (χ3n) is 4.80. The molecule has 0 aromatic heterocycles. The van der Waals surface area contributed by atoms with Crippen molar-refractivity contribution >= 4 is 27.3 Å². The molecule has 0 radical (unpaired) electrons. The lowest BCUT2D eigenvalue weighted by Gasteiger charge is -2.18. The van der Waals surface area contributed by atoms with Crippen molar-refractivity contribution in [2.45, 2.75) is 31.7 Å². The summed E-state index contributed by atoms with van der Waals surface area (Å²) in [5.74, 6) is -1.03. The maximum absolute atomic E-state index is 12.8. The molecule has 0 spiro atoms. The molecule has 0 saturated heterocycles. The SMILES string of the molecule is CS(=O)(=O)CC[C@@H](NC(=O)c1ccccc1)C(=O)Nc1ccc2c(c1)CCC2. The standard InChI is InChI=1S/C21H24N2O4S/c1-28(26,27)13-12-19(23-20(24)16-6-3-2-4-7-16)21(25)22-18-11-10-15-8-5-9-17(15)14-18/h2-4,6-7,10-11,14,19H,5,8-9,12-13H2,1H3,(H,22,25)(H,23,24)/t19-/m1/s1. The van der Waals surface area contributed by atoms with Gasteiger partial charge in [-0.25, -0.2) is 8.42 Å². The second kappa shape index (κ2) is 8.56. The number of benzene rings is 2. The van der Waals surface area contributed by atoms with E-state index >= 15 is 0 Å². The number of nitrogens with one attached hydrogen (secondary N) is 2. The van der Waals surface area contributed by atoms with E-state index in [1.165, 1.54) is 11.1 Å². The summed E-state index contributed by atoms with van der Waals surface area (Å²) >= 11 is 0. The van der Waals surface area contributed by atoms with Crippen LogP contribution < -0.4 is 10.6 Å². The zero-order valence-electron chi connectivity index (χ0n) is 15.8. The Kier molecular flexibility index (Phi) is 6.14. The predicted molar refractivity (Wildman–Crippen MR) is 109 cm³/mol. The van der Waals surface area contributed by atoms with Crippen LogP contribution in [0.4, 0.5) is 5.69 Å². The predicted octanol–water partition coefficient (Wildman–Crippen LogP) is 2.35. The summed E-state index contributed by atoms with van der Waals surface area (Å²) < 4.78 is 23.1. The topological polar surface area (TPSA) is 92.3 Å². The number of carbonyl (C=O) groups excluding carboxylic acids is 2. The molecule has 7 heteroatoms. The fraction of sp³-hybridized carbons (Fsp3) is 0.333. The van der Waals surface area contributed by atoms with Crippen molar-refractivity contribution in [1.29, 1.82) is 0 Å². The Hall–Kier alpha value is -2.67. The highest BCUT2D eigenvalue weighted by molar-refractivity contribution is 7.90. The lowest BCUT2D eigenvalue weighted by Crippen LogP contribution is -2.44. The molecular weight excluding hydrogens is 376 g/mol. The van der Waals surface area contributed by atoms with Crippen molar-refractivity contribution in [2.75, 3.05) is 17.3 Å². The average molecular weight is 401 g/mol. The number of rotatable bonds is 7. The molecule has 28 heavy (non-hydrogen) atoms. The summed E-state index contributed by atoms with van der Waals surface area (Å²) in [7, 11) is -3.27. The van der Waals surface area contributed by atoms with E-state index in [1.54, 1.807) is 30.3 Å². The third kappa shape index (κ3) is 5.42.